The molecular weight excluding hydrogens is 404 g/mol. The van der Waals surface area contributed by atoms with E-state index in [1.165, 1.54) is 11.1 Å². The zero-order valence-electron chi connectivity index (χ0n) is 18.9. The predicted molar refractivity (Wildman–Crippen MR) is 122 cm³/mol. The molecular formula is C25H26N4O3. The highest BCUT2D eigenvalue weighted by atomic mass is 16.3. The molecule has 1 aliphatic rings. The summed E-state index contributed by atoms with van der Waals surface area (Å²) < 4.78 is 9.11. The Morgan fingerprint density at radius 2 is 1.88 bits per heavy atom. The summed E-state index contributed by atoms with van der Waals surface area (Å²) in [6.45, 7) is 10.4. The molecule has 0 radical (unpaired) electrons. The summed E-state index contributed by atoms with van der Waals surface area (Å²) in [6.07, 6.45) is 5.18. The summed E-state index contributed by atoms with van der Waals surface area (Å²) in [4.78, 5) is 32.8. The maximum absolute atomic E-state index is 13.5. The molecule has 164 valence electrons. The molecule has 1 amide bonds. The standard InChI is InChI=1S/C25H26N4O3/c1-14-8-19-20(12-32-23(19)9-15(14)2)18(5)29-17(4)11-28-22(25(29)31)7-6-21(24(28)30)27-10-16(3)26-13-27/h6-10,12-13,17-18H,11H2,1-5H3. The van der Waals surface area contributed by atoms with Gasteiger partial charge in [0.1, 0.15) is 17.0 Å². The van der Waals surface area contributed by atoms with Crippen molar-refractivity contribution in [1.82, 2.24) is 19.0 Å². The van der Waals surface area contributed by atoms with Gasteiger partial charge in [-0.1, -0.05) is 0 Å². The van der Waals surface area contributed by atoms with Gasteiger partial charge in [0.15, 0.2) is 0 Å². The van der Waals surface area contributed by atoms with Crippen molar-refractivity contribution in [2.24, 2.45) is 0 Å². The van der Waals surface area contributed by atoms with Gasteiger partial charge < -0.3 is 18.5 Å². The average molecular weight is 431 g/mol. The second-order valence-corrected chi connectivity index (χ2v) is 8.80. The van der Waals surface area contributed by atoms with Crippen LogP contribution in [0.4, 0.5) is 0 Å². The van der Waals surface area contributed by atoms with E-state index in [1.54, 1.807) is 40.1 Å². The Balaban J connectivity index is 1.55. The van der Waals surface area contributed by atoms with Gasteiger partial charge in [0, 0.05) is 29.7 Å². The van der Waals surface area contributed by atoms with Crippen LogP contribution in [0.25, 0.3) is 16.7 Å². The van der Waals surface area contributed by atoms with Crippen LogP contribution in [0.1, 0.15) is 52.8 Å². The Hall–Kier alpha value is -3.61. The van der Waals surface area contributed by atoms with Crippen molar-refractivity contribution < 1.29 is 9.21 Å². The molecule has 2 atom stereocenters. The van der Waals surface area contributed by atoms with E-state index >= 15 is 0 Å². The Labute approximate surface area is 185 Å². The topological polar surface area (TPSA) is 73.3 Å². The molecule has 0 fully saturated rings. The number of hydrogen-bond acceptors (Lipinski definition) is 4. The van der Waals surface area contributed by atoms with Gasteiger partial charge in [0.2, 0.25) is 0 Å². The van der Waals surface area contributed by atoms with Crippen molar-refractivity contribution in [2.75, 3.05) is 0 Å². The second kappa shape index (κ2) is 7.22. The number of furan rings is 1. The number of aromatic nitrogens is 3. The van der Waals surface area contributed by atoms with Crippen molar-refractivity contribution in [3.05, 3.63) is 81.5 Å². The average Bonchev–Trinajstić information content (AvgIpc) is 3.35. The van der Waals surface area contributed by atoms with E-state index in [9.17, 15) is 9.59 Å². The van der Waals surface area contributed by atoms with Crippen LogP contribution in [0.3, 0.4) is 0 Å². The number of imidazole rings is 1. The lowest BCUT2D eigenvalue weighted by Crippen LogP contribution is -2.50. The molecule has 0 saturated heterocycles. The lowest BCUT2D eigenvalue weighted by molar-refractivity contribution is 0.0511. The summed E-state index contributed by atoms with van der Waals surface area (Å²) >= 11 is 0. The Morgan fingerprint density at radius 1 is 1.12 bits per heavy atom. The van der Waals surface area contributed by atoms with Crippen LogP contribution in [-0.4, -0.2) is 31.0 Å². The summed E-state index contributed by atoms with van der Waals surface area (Å²) in [7, 11) is 0. The van der Waals surface area contributed by atoms with Gasteiger partial charge in [0.25, 0.3) is 11.5 Å². The summed E-state index contributed by atoms with van der Waals surface area (Å²) in [5.41, 5.74) is 5.69. The quantitative estimate of drug-likeness (QED) is 0.485. The largest absolute Gasteiger partial charge is 0.464 e. The highest BCUT2D eigenvalue weighted by Crippen LogP contribution is 2.34. The minimum absolute atomic E-state index is 0.153. The van der Waals surface area contributed by atoms with E-state index in [1.807, 2.05) is 31.7 Å². The van der Waals surface area contributed by atoms with Gasteiger partial charge in [-0.15, -0.1) is 0 Å². The van der Waals surface area contributed by atoms with Gasteiger partial charge in [-0.25, -0.2) is 4.98 Å². The van der Waals surface area contributed by atoms with Gasteiger partial charge in [-0.3, -0.25) is 9.59 Å². The smallest absolute Gasteiger partial charge is 0.275 e. The third-order valence-corrected chi connectivity index (χ3v) is 6.61. The first-order valence-electron chi connectivity index (χ1n) is 10.8. The Morgan fingerprint density at radius 3 is 2.59 bits per heavy atom. The SMILES string of the molecule is Cc1cn(-c2ccc3n(c2=O)CC(C)N(C(C)c2coc4cc(C)c(C)cc24)C3=O)cn1. The second-order valence-electron chi connectivity index (χ2n) is 8.80. The molecule has 4 heterocycles. The first kappa shape index (κ1) is 20.3. The van der Waals surface area contributed by atoms with E-state index in [0.29, 0.717) is 17.9 Å². The Kier molecular flexibility index (Phi) is 4.58. The first-order chi connectivity index (χ1) is 15.3. The molecule has 2 unspecified atom stereocenters. The van der Waals surface area contributed by atoms with Gasteiger partial charge >= 0.3 is 0 Å². The molecule has 4 aromatic rings. The molecule has 0 spiro atoms. The van der Waals surface area contributed by atoms with Crippen molar-refractivity contribution in [3.63, 3.8) is 0 Å². The molecule has 0 bridgehead atoms. The molecule has 0 aliphatic carbocycles. The van der Waals surface area contributed by atoms with Crippen molar-refractivity contribution in [1.29, 1.82) is 0 Å². The number of benzene rings is 1. The van der Waals surface area contributed by atoms with Gasteiger partial charge in [-0.2, -0.15) is 0 Å². The van der Waals surface area contributed by atoms with Crippen molar-refractivity contribution in [3.8, 4) is 5.69 Å². The minimum atomic E-state index is -0.194. The van der Waals surface area contributed by atoms with Gasteiger partial charge in [0.05, 0.1) is 24.3 Å². The number of pyridine rings is 1. The fourth-order valence-electron chi connectivity index (χ4n) is 4.70. The zero-order valence-corrected chi connectivity index (χ0v) is 18.9. The molecule has 7 nitrogen and oxygen atoms in total. The summed E-state index contributed by atoms with van der Waals surface area (Å²) in [6, 6.07) is 7.25. The van der Waals surface area contributed by atoms with Crippen LogP contribution in [0.5, 0.6) is 0 Å². The number of aryl methyl sites for hydroxylation is 3. The first-order valence-corrected chi connectivity index (χ1v) is 10.8. The van der Waals surface area contributed by atoms with E-state index in [2.05, 4.69) is 24.9 Å². The fourth-order valence-corrected chi connectivity index (χ4v) is 4.70. The molecule has 7 heteroatoms. The van der Waals surface area contributed by atoms with Crippen LogP contribution in [0.15, 0.2) is 52.3 Å². The molecule has 1 aliphatic heterocycles. The normalized spacial score (nSPS) is 17.1. The molecule has 1 aromatic carbocycles. The third-order valence-electron chi connectivity index (χ3n) is 6.61. The highest BCUT2D eigenvalue weighted by Gasteiger charge is 2.35. The van der Waals surface area contributed by atoms with E-state index in [-0.39, 0.29) is 23.6 Å². The van der Waals surface area contributed by atoms with Crippen LogP contribution < -0.4 is 5.56 Å². The van der Waals surface area contributed by atoms with E-state index < -0.39 is 0 Å². The number of nitrogens with zero attached hydrogens (tertiary/aromatic N) is 4. The Bertz CT molecular complexity index is 1420. The van der Waals surface area contributed by atoms with Gasteiger partial charge in [-0.05, 0) is 70.0 Å². The summed E-state index contributed by atoms with van der Waals surface area (Å²) in [5, 5.41) is 1.02. The van der Waals surface area contributed by atoms with Crippen LogP contribution in [0, 0.1) is 20.8 Å². The molecule has 5 rings (SSSR count). The molecule has 32 heavy (non-hydrogen) atoms. The maximum Gasteiger partial charge on any atom is 0.275 e. The van der Waals surface area contributed by atoms with Crippen molar-refractivity contribution >= 4 is 16.9 Å². The molecule has 0 N–H and O–H groups in total. The van der Waals surface area contributed by atoms with E-state index in [4.69, 9.17) is 4.42 Å². The zero-order chi connectivity index (χ0) is 22.7. The van der Waals surface area contributed by atoms with Crippen LogP contribution >= 0.6 is 0 Å². The number of carbonyl (C=O) groups excluding carboxylic acids is 1. The maximum atomic E-state index is 13.5. The lowest BCUT2D eigenvalue weighted by Gasteiger charge is -2.39. The van der Waals surface area contributed by atoms with E-state index in [0.717, 1.165) is 22.2 Å². The number of carbonyl (C=O) groups is 1. The number of rotatable bonds is 3. The lowest BCUT2D eigenvalue weighted by atomic mass is 9.99. The van der Waals surface area contributed by atoms with Crippen LogP contribution in [0.2, 0.25) is 0 Å². The highest BCUT2D eigenvalue weighted by molar-refractivity contribution is 5.94. The monoisotopic (exact) mass is 430 g/mol. The van der Waals surface area contributed by atoms with Crippen LogP contribution in [-0.2, 0) is 6.54 Å². The summed E-state index contributed by atoms with van der Waals surface area (Å²) in [5.74, 6) is -0.153. The number of amides is 1. The molecule has 0 saturated carbocycles. The van der Waals surface area contributed by atoms with Crippen molar-refractivity contribution in [2.45, 2.75) is 53.2 Å². The fraction of sp³-hybridized carbons (Fsp3) is 0.320. The molecule has 3 aromatic heterocycles. The number of hydrogen-bond donors (Lipinski definition) is 0. The number of fused-ring (bicyclic) bond motifs is 2. The predicted octanol–water partition coefficient (Wildman–Crippen LogP) is 4.31. The minimum Gasteiger partial charge on any atom is -0.464 e. The third kappa shape index (κ3) is 2.99.